The van der Waals surface area contributed by atoms with Crippen LogP contribution in [0, 0.1) is 5.92 Å². The highest BCUT2D eigenvalue weighted by atomic mass is 32.1. The predicted octanol–water partition coefficient (Wildman–Crippen LogP) is 14.1. The first-order valence-corrected chi connectivity index (χ1v) is 18.5. The number of hydrogen-bond donors (Lipinski definition) is 1. The fourth-order valence-electron chi connectivity index (χ4n) is 6.04. The molecule has 0 bridgehead atoms. The Hall–Kier alpha value is 0.350. The molecule has 0 aromatic carbocycles. The minimum atomic E-state index is 0.650. The quantitative estimate of drug-likeness (QED) is 0.0638. The Morgan fingerprint density at radius 3 is 0.784 bits per heavy atom. The van der Waals surface area contributed by atoms with E-state index < -0.39 is 0 Å². The van der Waals surface area contributed by atoms with Crippen LogP contribution >= 0.6 is 12.6 Å². The molecule has 0 N–H and O–H groups in total. The third kappa shape index (κ3) is 29.2. The van der Waals surface area contributed by atoms with Gasteiger partial charge in [-0.1, -0.05) is 201 Å². The van der Waals surface area contributed by atoms with E-state index in [2.05, 4.69) is 20.8 Å². The van der Waals surface area contributed by atoms with Crippen molar-refractivity contribution in [3.63, 3.8) is 0 Å². The fourth-order valence-corrected chi connectivity index (χ4v) is 6.52. The zero-order valence-corrected chi connectivity index (χ0v) is 27.4. The Labute approximate surface area is 243 Å². The molecule has 37 heavy (non-hydrogen) atoms. The van der Waals surface area contributed by atoms with Crippen LogP contribution in [0.1, 0.15) is 220 Å². The lowest BCUT2D eigenvalue weighted by Gasteiger charge is -2.24. The lowest BCUT2D eigenvalue weighted by molar-refractivity contribution is 0.376. The molecule has 2 unspecified atom stereocenters. The Bertz CT molecular complexity index is 392. The highest BCUT2D eigenvalue weighted by Gasteiger charge is 2.17. The van der Waals surface area contributed by atoms with Gasteiger partial charge in [0.15, 0.2) is 0 Å². The van der Waals surface area contributed by atoms with E-state index in [0.717, 1.165) is 5.92 Å². The molecule has 0 aromatic heterocycles. The van der Waals surface area contributed by atoms with Gasteiger partial charge in [0.1, 0.15) is 0 Å². The van der Waals surface area contributed by atoms with Crippen molar-refractivity contribution in [2.45, 2.75) is 225 Å². The van der Waals surface area contributed by atoms with Crippen LogP contribution in [-0.4, -0.2) is 5.25 Å². The van der Waals surface area contributed by atoms with Crippen molar-refractivity contribution in [2.75, 3.05) is 0 Å². The van der Waals surface area contributed by atoms with E-state index in [9.17, 15) is 0 Å². The largest absolute Gasteiger partial charge is 0.176 e. The van der Waals surface area contributed by atoms with E-state index in [-0.39, 0.29) is 0 Å². The summed E-state index contributed by atoms with van der Waals surface area (Å²) in [6.07, 6.45) is 44.7. The summed E-state index contributed by atoms with van der Waals surface area (Å²) >= 11 is 5.20. The van der Waals surface area contributed by atoms with Gasteiger partial charge in [-0.15, -0.1) is 0 Å². The van der Waals surface area contributed by atoms with E-state index in [1.54, 1.807) is 0 Å². The van der Waals surface area contributed by atoms with Crippen LogP contribution in [0.15, 0.2) is 0 Å². The molecule has 0 heterocycles. The summed E-state index contributed by atoms with van der Waals surface area (Å²) in [5.41, 5.74) is 0. The maximum absolute atomic E-state index is 5.20. The second kappa shape index (κ2) is 32.6. The monoisotopic (exact) mass is 539 g/mol. The fraction of sp³-hybridized carbons (Fsp3) is 1.00. The van der Waals surface area contributed by atoms with Crippen molar-refractivity contribution < 1.29 is 0 Å². The standard InChI is InChI=1S/C36H74S/c1-4-7-10-13-16-19-22-24-27-30-33-35(32-29-26-23-20-17-14-11-8-5-2)36(37)34-31-28-25-21-18-15-12-9-6-3/h35-37H,4-34H2,1-3H3. The zero-order valence-electron chi connectivity index (χ0n) is 26.5. The number of rotatable bonds is 32. The van der Waals surface area contributed by atoms with Gasteiger partial charge in [-0.05, 0) is 25.2 Å². The number of hydrogen-bond acceptors (Lipinski definition) is 1. The minimum absolute atomic E-state index is 0.650. The topological polar surface area (TPSA) is 0 Å². The Morgan fingerprint density at radius 2 is 0.514 bits per heavy atom. The molecule has 0 aromatic rings. The van der Waals surface area contributed by atoms with Gasteiger partial charge in [-0.25, -0.2) is 0 Å². The van der Waals surface area contributed by atoms with Gasteiger partial charge in [-0.2, -0.15) is 12.6 Å². The summed E-state index contributed by atoms with van der Waals surface area (Å²) in [6.45, 7) is 6.94. The van der Waals surface area contributed by atoms with Crippen molar-refractivity contribution in [2.24, 2.45) is 5.92 Å². The van der Waals surface area contributed by atoms with Gasteiger partial charge in [0.25, 0.3) is 0 Å². The van der Waals surface area contributed by atoms with Crippen LogP contribution in [0.2, 0.25) is 0 Å². The molecule has 0 aliphatic heterocycles. The van der Waals surface area contributed by atoms with Gasteiger partial charge in [0.05, 0.1) is 0 Å². The van der Waals surface area contributed by atoms with Crippen molar-refractivity contribution in [1.29, 1.82) is 0 Å². The average Bonchev–Trinajstić information content (AvgIpc) is 2.90. The molecule has 0 amide bonds. The summed E-state index contributed by atoms with van der Waals surface area (Å²) in [4.78, 5) is 0. The van der Waals surface area contributed by atoms with Crippen LogP contribution in [0.25, 0.3) is 0 Å². The molecule has 0 rings (SSSR count). The van der Waals surface area contributed by atoms with Crippen molar-refractivity contribution >= 4 is 12.6 Å². The summed E-state index contributed by atoms with van der Waals surface area (Å²) in [6, 6.07) is 0. The number of unbranched alkanes of at least 4 members (excludes halogenated alkanes) is 25. The molecular weight excluding hydrogens is 464 g/mol. The summed E-state index contributed by atoms with van der Waals surface area (Å²) in [5.74, 6) is 0.871. The van der Waals surface area contributed by atoms with Gasteiger partial charge in [0.2, 0.25) is 0 Å². The lowest BCUT2D eigenvalue weighted by Crippen LogP contribution is -2.15. The normalized spacial score (nSPS) is 13.3. The van der Waals surface area contributed by atoms with E-state index in [1.807, 2.05) is 0 Å². The second-order valence-electron chi connectivity index (χ2n) is 12.5. The molecule has 0 saturated heterocycles. The molecule has 224 valence electrons. The average molecular weight is 539 g/mol. The highest BCUT2D eigenvalue weighted by molar-refractivity contribution is 7.81. The van der Waals surface area contributed by atoms with E-state index in [1.165, 1.54) is 199 Å². The van der Waals surface area contributed by atoms with Gasteiger partial charge in [0, 0.05) is 5.25 Å². The van der Waals surface area contributed by atoms with E-state index in [4.69, 9.17) is 12.6 Å². The summed E-state index contributed by atoms with van der Waals surface area (Å²) in [5, 5.41) is 0.650. The maximum atomic E-state index is 5.20. The third-order valence-corrected chi connectivity index (χ3v) is 9.43. The second-order valence-corrected chi connectivity index (χ2v) is 13.2. The van der Waals surface area contributed by atoms with Crippen molar-refractivity contribution in [1.82, 2.24) is 0 Å². The molecule has 1 heteroatoms. The van der Waals surface area contributed by atoms with Crippen molar-refractivity contribution in [3.05, 3.63) is 0 Å². The molecule has 0 nitrogen and oxygen atoms in total. The van der Waals surface area contributed by atoms with Gasteiger partial charge >= 0.3 is 0 Å². The van der Waals surface area contributed by atoms with Crippen LogP contribution < -0.4 is 0 Å². The molecular formula is C36H74S. The Morgan fingerprint density at radius 1 is 0.297 bits per heavy atom. The van der Waals surface area contributed by atoms with Crippen LogP contribution in [0.4, 0.5) is 0 Å². The molecule has 0 fully saturated rings. The minimum Gasteiger partial charge on any atom is -0.176 e. The van der Waals surface area contributed by atoms with Gasteiger partial charge < -0.3 is 0 Å². The molecule has 0 aliphatic carbocycles. The third-order valence-electron chi connectivity index (χ3n) is 8.75. The molecule has 0 radical (unpaired) electrons. The van der Waals surface area contributed by atoms with Crippen molar-refractivity contribution in [3.8, 4) is 0 Å². The molecule has 2 atom stereocenters. The summed E-state index contributed by atoms with van der Waals surface area (Å²) in [7, 11) is 0. The van der Waals surface area contributed by atoms with Crippen LogP contribution in [-0.2, 0) is 0 Å². The van der Waals surface area contributed by atoms with Crippen LogP contribution in [0.3, 0.4) is 0 Å². The Kier molecular flexibility index (Phi) is 32.9. The van der Waals surface area contributed by atoms with Gasteiger partial charge in [-0.3, -0.25) is 0 Å². The first kappa shape index (κ1) is 37.4. The van der Waals surface area contributed by atoms with Crippen LogP contribution in [0.5, 0.6) is 0 Å². The molecule has 0 saturated carbocycles. The zero-order chi connectivity index (χ0) is 27.1. The Balaban J connectivity index is 4.04. The molecule has 0 spiro atoms. The van der Waals surface area contributed by atoms with E-state index >= 15 is 0 Å². The summed E-state index contributed by atoms with van der Waals surface area (Å²) < 4.78 is 0. The predicted molar refractivity (Wildman–Crippen MR) is 176 cm³/mol. The lowest BCUT2D eigenvalue weighted by atomic mass is 9.89. The van der Waals surface area contributed by atoms with E-state index in [0.29, 0.717) is 5.25 Å². The molecule has 0 aliphatic rings. The first-order chi connectivity index (χ1) is 18.3. The first-order valence-electron chi connectivity index (χ1n) is 17.9. The number of thiol groups is 1. The maximum Gasteiger partial charge on any atom is 0.00450 e. The highest BCUT2D eigenvalue weighted by Crippen LogP contribution is 2.29. The SMILES string of the molecule is CCCCCCCCCCCCC(CCCCCCCCCCC)C(S)CCCCCCCCCCC. The smallest absolute Gasteiger partial charge is 0.00450 e.